The molecule has 2 aromatic rings. The van der Waals surface area contributed by atoms with E-state index in [-0.39, 0.29) is 5.56 Å². The van der Waals surface area contributed by atoms with Crippen LogP contribution < -0.4 is 5.56 Å². The Hall–Kier alpha value is -0.850. The van der Waals surface area contributed by atoms with Gasteiger partial charge in [0.1, 0.15) is 10.2 Å². The predicted molar refractivity (Wildman–Crippen MR) is 66.5 cm³/mol. The monoisotopic (exact) mass is 273 g/mol. The smallest absolute Gasteiger partial charge is 0.252 e. The van der Waals surface area contributed by atoms with Crippen LogP contribution in [0.2, 0.25) is 5.15 Å². The first-order valence-corrected chi connectivity index (χ1v) is 6.84. The number of nitrogens with zero attached hydrogens (tertiary/aromatic N) is 3. The first-order valence-electron chi connectivity index (χ1n) is 4.42. The Kier molecular flexibility index (Phi) is 3.63. The summed E-state index contributed by atoms with van der Waals surface area (Å²) >= 11 is 8.93. The maximum Gasteiger partial charge on any atom is 0.252 e. The van der Waals surface area contributed by atoms with Crippen LogP contribution in [0.4, 0.5) is 0 Å². The molecule has 0 aliphatic heterocycles. The molecule has 2 heterocycles. The average molecular weight is 274 g/mol. The molecule has 0 fully saturated rings. The van der Waals surface area contributed by atoms with E-state index in [4.69, 9.17) is 11.6 Å². The molecule has 0 saturated heterocycles. The molecule has 0 bridgehead atoms. The topological polar surface area (TPSA) is 47.8 Å². The third kappa shape index (κ3) is 2.45. The zero-order chi connectivity index (χ0) is 11.5. The predicted octanol–water partition coefficient (Wildman–Crippen LogP) is 2.12. The second-order valence-electron chi connectivity index (χ2n) is 2.94. The summed E-state index contributed by atoms with van der Waals surface area (Å²) in [4.78, 5) is 11.6. The second kappa shape index (κ2) is 4.99. The molecule has 0 radical (unpaired) electrons. The molecule has 0 aliphatic rings. The number of rotatable bonds is 3. The van der Waals surface area contributed by atoms with Crippen molar-refractivity contribution in [1.29, 1.82) is 0 Å². The fourth-order valence-electron chi connectivity index (χ4n) is 1.17. The zero-order valence-electron chi connectivity index (χ0n) is 8.38. The molecular weight excluding hydrogens is 266 g/mol. The van der Waals surface area contributed by atoms with E-state index >= 15 is 0 Å². The van der Waals surface area contributed by atoms with Gasteiger partial charge < -0.3 is 0 Å². The number of halogens is 1. The van der Waals surface area contributed by atoms with E-state index in [1.54, 1.807) is 12.1 Å². The third-order valence-corrected chi connectivity index (χ3v) is 4.13. The number of thioether (sulfide) groups is 1. The minimum atomic E-state index is -0.131. The summed E-state index contributed by atoms with van der Waals surface area (Å²) in [5.41, 5.74) is -0.131. The third-order valence-electron chi connectivity index (χ3n) is 1.91. The van der Waals surface area contributed by atoms with Crippen molar-refractivity contribution in [2.75, 3.05) is 6.26 Å². The van der Waals surface area contributed by atoms with Gasteiger partial charge in [0, 0.05) is 6.07 Å². The molecule has 0 aromatic carbocycles. The van der Waals surface area contributed by atoms with Crippen molar-refractivity contribution in [3.05, 3.63) is 38.7 Å². The minimum Gasteiger partial charge on any atom is -0.292 e. The van der Waals surface area contributed by atoms with Gasteiger partial charge in [-0.2, -0.15) is 0 Å². The Balaban J connectivity index is 2.30. The van der Waals surface area contributed by atoms with Crippen LogP contribution in [0.15, 0.2) is 27.3 Å². The van der Waals surface area contributed by atoms with Crippen LogP contribution in [0.3, 0.4) is 0 Å². The molecule has 2 aromatic heterocycles. The first kappa shape index (κ1) is 11.6. The van der Waals surface area contributed by atoms with Crippen LogP contribution in [-0.2, 0) is 6.54 Å². The highest BCUT2D eigenvalue weighted by Crippen LogP contribution is 2.20. The van der Waals surface area contributed by atoms with Crippen LogP contribution in [0.25, 0.3) is 0 Å². The van der Waals surface area contributed by atoms with Crippen LogP contribution in [-0.4, -0.2) is 21.0 Å². The van der Waals surface area contributed by atoms with E-state index in [9.17, 15) is 4.79 Å². The normalized spacial score (nSPS) is 10.6. The van der Waals surface area contributed by atoms with Gasteiger partial charge in [-0.25, -0.2) is 0 Å². The molecule has 0 atom stereocenters. The molecule has 0 aliphatic carbocycles. The number of hydrogen-bond acceptors (Lipinski definition) is 5. The zero-order valence-corrected chi connectivity index (χ0v) is 10.8. The van der Waals surface area contributed by atoms with Crippen LogP contribution in [0, 0.1) is 0 Å². The molecule has 4 nitrogen and oxygen atoms in total. The summed E-state index contributed by atoms with van der Waals surface area (Å²) in [5, 5.41) is 9.14. The number of pyridine rings is 1. The molecule has 0 saturated carbocycles. The molecule has 0 amide bonds. The fraction of sp³-hybridized carbons (Fsp3) is 0.222. The maximum absolute atomic E-state index is 11.6. The highest BCUT2D eigenvalue weighted by molar-refractivity contribution is 8.00. The van der Waals surface area contributed by atoms with E-state index in [0.29, 0.717) is 11.7 Å². The second-order valence-corrected chi connectivity index (χ2v) is 5.44. The van der Waals surface area contributed by atoms with Crippen molar-refractivity contribution in [2.45, 2.75) is 10.9 Å². The highest BCUT2D eigenvalue weighted by Gasteiger charge is 2.07. The molecule has 0 unspecified atom stereocenters. The molecule has 0 N–H and O–H groups in total. The quantitative estimate of drug-likeness (QED) is 0.635. The highest BCUT2D eigenvalue weighted by atomic mass is 35.5. The van der Waals surface area contributed by atoms with Gasteiger partial charge in [0.25, 0.3) is 5.56 Å². The summed E-state index contributed by atoms with van der Waals surface area (Å²) < 4.78 is 2.35. The average Bonchev–Trinajstić information content (AvgIpc) is 2.71. The number of hydrogen-bond donors (Lipinski definition) is 0. The van der Waals surface area contributed by atoms with Gasteiger partial charge in [0.2, 0.25) is 0 Å². The molecule has 16 heavy (non-hydrogen) atoms. The summed E-state index contributed by atoms with van der Waals surface area (Å²) in [6.45, 7) is 0.372. The van der Waals surface area contributed by atoms with Gasteiger partial charge in [0.15, 0.2) is 4.34 Å². The van der Waals surface area contributed by atoms with Crippen molar-refractivity contribution < 1.29 is 0 Å². The van der Waals surface area contributed by atoms with Crippen molar-refractivity contribution in [1.82, 2.24) is 14.8 Å². The van der Waals surface area contributed by atoms with Crippen molar-refractivity contribution in [3.63, 3.8) is 0 Å². The Labute approximate surface area is 105 Å². The summed E-state index contributed by atoms with van der Waals surface area (Å²) in [5.74, 6) is 0. The van der Waals surface area contributed by atoms with Gasteiger partial charge >= 0.3 is 0 Å². The lowest BCUT2D eigenvalue weighted by Gasteiger charge is -2.03. The Morgan fingerprint density at radius 3 is 2.94 bits per heavy atom. The van der Waals surface area contributed by atoms with E-state index < -0.39 is 0 Å². The maximum atomic E-state index is 11.6. The summed E-state index contributed by atoms with van der Waals surface area (Å²) in [7, 11) is 0. The van der Waals surface area contributed by atoms with E-state index in [1.807, 2.05) is 6.26 Å². The Morgan fingerprint density at radius 2 is 2.31 bits per heavy atom. The molecule has 7 heteroatoms. The first-order chi connectivity index (χ1) is 7.70. The molecule has 0 spiro atoms. The molecule has 2 rings (SSSR count). The summed E-state index contributed by atoms with van der Waals surface area (Å²) in [6.07, 6.45) is 1.94. The molecular formula is C9H8ClN3OS2. The lowest BCUT2D eigenvalue weighted by Crippen LogP contribution is -2.19. The molecule has 84 valence electrons. The van der Waals surface area contributed by atoms with Crippen LogP contribution >= 0.6 is 34.7 Å². The lowest BCUT2D eigenvalue weighted by atomic mass is 10.4. The van der Waals surface area contributed by atoms with Gasteiger partial charge in [-0.15, -0.1) is 10.2 Å². The lowest BCUT2D eigenvalue weighted by molar-refractivity contribution is 0.742. The Morgan fingerprint density at radius 1 is 1.50 bits per heavy atom. The van der Waals surface area contributed by atoms with Crippen LogP contribution in [0.5, 0.6) is 0 Å². The van der Waals surface area contributed by atoms with Gasteiger partial charge in [0.05, 0.1) is 6.54 Å². The Bertz CT molecular complexity index is 552. The number of aromatic nitrogens is 3. The SMILES string of the molecule is CSc1nnc(Cn2c(Cl)cccc2=O)s1. The van der Waals surface area contributed by atoms with E-state index in [2.05, 4.69) is 10.2 Å². The minimum absolute atomic E-state index is 0.131. The van der Waals surface area contributed by atoms with Gasteiger partial charge in [-0.3, -0.25) is 9.36 Å². The van der Waals surface area contributed by atoms with Gasteiger partial charge in [-0.1, -0.05) is 40.8 Å². The van der Waals surface area contributed by atoms with Crippen molar-refractivity contribution in [3.8, 4) is 0 Å². The standard InChI is InChI=1S/C9H8ClN3OS2/c1-15-9-12-11-7(16-9)5-13-6(10)3-2-4-8(13)14/h2-4H,5H2,1H3. The largest absolute Gasteiger partial charge is 0.292 e. The van der Waals surface area contributed by atoms with E-state index in [1.165, 1.54) is 33.7 Å². The van der Waals surface area contributed by atoms with Crippen LogP contribution in [0.1, 0.15) is 5.01 Å². The van der Waals surface area contributed by atoms with Crippen molar-refractivity contribution in [2.24, 2.45) is 0 Å². The van der Waals surface area contributed by atoms with Crippen molar-refractivity contribution >= 4 is 34.7 Å². The van der Waals surface area contributed by atoms with E-state index in [0.717, 1.165) is 9.35 Å². The summed E-state index contributed by atoms with van der Waals surface area (Å²) in [6, 6.07) is 4.79. The van der Waals surface area contributed by atoms with Gasteiger partial charge in [-0.05, 0) is 12.3 Å². The fourth-order valence-corrected chi connectivity index (χ4v) is 2.69.